The van der Waals surface area contributed by atoms with Crippen molar-refractivity contribution in [3.63, 3.8) is 0 Å². The van der Waals surface area contributed by atoms with E-state index in [2.05, 4.69) is 10.1 Å². The summed E-state index contributed by atoms with van der Waals surface area (Å²) in [4.78, 5) is 26.8. The van der Waals surface area contributed by atoms with Gasteiger partial charge in [-0.25, -0.2) is 0 Å². The van der Waals surface area contributed by atoms with Crippen molar-refractivity contribution >= 4 is 17.5 Å². The number of ether oxygens (including phenoxy) is 2. The highest BCUT2D eigenvalue weighted by atomic mass is 19.4. The van der Waals surface area contributed by atoms with E-state index in [1.165, 1.54) is 42.5 Å². The van der Waals surface area contributed by atoms with Crippen LogP contribution in [0.5, 0.6) is 11.5 Å². The summed E-state index contributed by atoms with van der Waals surface area (Å²) in [6.45, 7) is 3.94. The number of amides is 2. The molecular formula is C23H25F3N2O4. The number of alkyl halides is 3. The fourth-order valence-electron chi connectivity index (χ4n) is 3.81. The molecule has 0 spiro atoms. The Bertz CT molecular complexity index is 937. The number of likely N-dealkylation sites (tertiary alicyclic amines) is 1. The van der Waals surface area contributed by atoms with Gasteiger partial charge in [0.2, 0.25) is 0 Å². The van der Waals surface area contributed by atoms with Gasteiger partial charge in [0.1, 0.15) is 5.75 Å². The average Bonchev–Trinajstić information content (AvgIpc) is 2.73. The Morgan fingerprint density at radius 1 is 1.03 bits per heavy atom. The molecule has 1 aliphatic heterocycles. The van der Waals surface area contributed by atoms with Crippen LogP contribution in [-0.4, -0.2) is 41.8 Å². The third-order valence-electron chi connectivity index (χ3n) is 5.32. The largest absolute Gasteiger partial charge is 0.573 e. The first-order valence-corrected chi connectivity index (χ1v) is 10.3. The lowest BCUT2D eigenvalue weighted by Gasteiger charge is -2.38. The smallest absolute Gasteiger partial charge is 0.484 e. The quantitative estimate of drug-likeness (QED) is 0.672. The van der Waals surface area contributed by atoms with Gasteiger partial charge in [0.25, 0.3) is 11.8 Å². The third-order valence-corrected chi connectivity index (χ3v) is 5.32. The normalized spacial score (nSPS) is 18.7. The molecule has 0 saturated carbocycles. The number of hydrogen-bond donors (Lipinski definition) is 1. The maximum absolute atomic E-state index is 12.5. The molecule has 9 heteroatoms. The lowest BCUT2D eigenvalue weighted by atomic mass is 9.97. The van der Waals surface area contributed by atoms with Crippen molar-refractivity contribution in [2.45, 2.75) is 51.6 Å². The first-order chi connectivity index (χ1) is 15.1. The Hall–Kier alpha value is -3.23. The minimum absolute atomic E-state index is 0.0900. The van der Waals surface area contributed by atoms with Crippen molar-refractivity contribution in [3.8, 4) is 11.5 Å². The number of piperidine rings is 1. The molecule has 32 heavy (non-hydrogen) atoms. The number of para-hydroxylation sites is 2. The minimum atomic E-state index is -4.87. The summed E-state index contributed by atoms with van der Waals surface area (Å²) in [6, 6.07) is 11.6. The Morgan fingerprint density at radius 2 is 1.66 bits per heavy atom. The van der Waals surface area contributed by atoms with Gasteiger partial charge in [-0.1, -0.05) is 12.1 Å². The average molecular weight is 450 g/mol. The second-order valence-electron chi connectivity index (χ2n) is 7.74. The van der Waals surface area contributed by atoms with Crippen LogP contribution in [0.2, 0.25) is 0 Å². The van der Waals surface area contributed by atoms with E-state index < -0.39 is 18.0 Å². The van der Waals surface area contributed by atoms with Crippen LogP contribution in [0.25, 0.3) is 0 Å². The molecule has 2 amide bonds. The Morgan fingerprint density at radius 3 is 2.28 bits per heavy atom. The van der Waals surface area contributed by atoms with E-state index >= 15 is 0 Å². The van der Waals surface area contributed by atoms with Gasteiger partial charge in [-0.2, -0.15) is 0 Å². The molecule has 2 aromatic carbocycles. The van der Waals surface area contributed by atoms with Crippen molar-refractivity contribution in [2.75, 3.05) is 11.9 Å². The number of nitrogens with one attached hydrogen (secondary N) is 1. The monoisotopic (exact) mass is 450 g/mol. The van der Waals surface area contributed by atoms with E-state index in [1.54, 1.807) is 0 Å². The van der Waals surface area contributed by atoms with Gasteiger partial charge in [0.05, 0.1) is 5.69 Å². The predicted octanol–water partition coefficient (Wildman–Crippen LogP) is 5.01. The molecule has 3 rings (SSSR count). The van der Waals surface area contributed by atoms with E-state index in [4.69, 9.17) is 4.74 Å². The Kier molecular flexibility index (Phi) is 7.27. The van der Waals surface area contributed by atoms with Gasteiger partial charge in [-0.15, -0.1) is 13.2 Å². The van der Waals surface area contributed by atoms with Crippen molar-refractivity contribution in [1.82, 2.24) is 4.90 Å². The summed E-state index contributed by atoms with van der Waals surface area (Å²) in [5.74, 6) is -0.796. The lowest BCUT2D eigenvalue weighted by Crippen LogP contribution is -2.49. The summed E-state index contributed by atoms with van der Waals surface area (Å²) in [7, 11) is 0. The molecule has 0 aromatic heterocycles. The summed E-state index contributed by atoms with van der Waals surface area (Å²) in [6.07, 6.45) is -1.83. The number of nitrogens with zero attached hydrogens (tertiary/aromatic N) is 1. The van der Waals surface area contributed by atoms with Crippen LogP contribution in [-0.2, 0) is 4.79 Å². The second-order valence-corrected chi connectivity index (χ2v) is 7.74. The molecule has 1 saturated heterocycles. The molecule has 0 radical (unpaired) electrons. The Labute approximate surface area is 184 Å². The highest BCUT2D eigenvalue weighted by molar-refractivity contribution is 6.05. The lowest BCUT2D eigenvalue weighted by molar-refractivity contribution is -0.274. The van der Waals surface area contributed by atoms with Crippen LogP contribution in [0, 0.1) is 0 Å². The second kappa shape index (κ2) is 9.93. The topological polar surface area (TPSA) is 67.9 Å². The maximum atomic E-state index is 12.5. The first-order valence-electron chi connectivity index (χ1n) is 10.3. The minimum Gasteiger partial charge on any atom is -0.484 e. The SMILES string of the molecule is CC1CCCC(C)N1C(=O)COc1ccc(C(=O)Nc2ccccc2OC(F)(F)F)cc1. The molecule has 1 N–H and O–H groups in total. The molecule has 2 unspecified atom stereocenters. The summed E-state index contributed by atoms with van der Waals surface area (Å²) >= 11 is 0. The van der Waals surface area contributed by atoms with Crippen LogP contribution in [0.1, 0.15) is 43.5 Å². The zero-order valence-electron chi connectivity index (χ0n) is 17.8. The zero-order valence-corrected chi connectivity index (χ0v) is 17.8. The molecule has 0 aliphatic carbocycles. The Balaban J connectivity index is 1.59. The van der Waals surface area contributed by atoms with Crippen molar-refractivity contribution in [3.05, 3.63) is 54.1 Å². The van der Waals surface area contributed by atoms with Crippen molar-refractivity contribution in [1.29, 1.82) is 0 Å². The van der Waals surface area contributed by atoms with E-state index in [0.717, 1.165) is 25.3 Å². The fraction of sp³-hybridized carbons (Fsp3) is 0.391. The van der Waals surface area contributed by atoms with Crippen molar-refractivity contribution in [2.24, 2.45) is 0 Å². The number of anilines is 1. The van der Waals surface area contributed by atoms with Gasteiger partial charge in [0.15, 0.2) is 12.4 Å². The summed E-state index contributed by atoms with van der Waals surface area (Å²) < 4.78 is 47.1. The number of hydrogen-bond acceptors (Lipinski definition) is 4. The molecule has 0 bridgehead atoms. The fourth-order valence-corrected chi connectivity index (χ4v) is 3.81. The third kappa shape index (κ3) is 6.15. The molecule has 172 valence electrons. The van der Waals surface area contributed by atoms with Gasteiger partial charge in [-0.05, 0) is 69.5 Å². The summed E-state index contributed by atoms with van der Waals surface area (Å²) in [5, 5.41) is 2.41. The van der Waals surface area contributed by atoms with E-state index in [1.807, 2.05) is 18.7 Å². The molecule has 1 aliphatic rings. The van der Waals surface area contributed by atoms with Gasteiger partial charge in [0, 0.05) is 17.6 Å². The van der Waals surface area contributed by atoms with Crippen LogP contribution in [0.3, 0.4) is 0 Å². The number of halogens is 3. The van der Waals surface area contributed by atoms with Crippen LogP contribution in [0.4, 0.5) is 18.9 Å². The highest BCUT2D eigenvalue weighted by Crippen LogP contribution is 2.30. The molecule has 1 fully saturated rings. The van der Waals surface area contributed by atoms with Crippen LogP contribution >= 0.6 is 0 Å². The molecule has 2 atom stereocenters. The number of carbonyl (C=O) groups is 2. The molecule has 1 heterocycles. The number of rotatable bonds is 6. The van der Waals surface area contributed by atoms with Crippen LogP contribution < -0.4 is 14.8 Å². The number of benzene rings is 2. The summed E-state index contributed by atoms with van der Waals surface area (Å²) in [5.41, 5.74) is 0.106. The van der Waals surface area contributed by atoms with E-state index in [9.17, 15) is 22.8 Å². The van der Waals surface area contributed by atoms with Gasteiger partial charge < -0.3 is 19.7 Å². The zero-order chi connectivity index (χ0) is 23.3. The van der Waals surface area contributed by atoms with Gasteiger partial charge in [-0.3, -0.25) is 9.59 Å². The highest BCUT2D eigenvalue weighted by Gasteiger charge is 2.32. The van der Waals surface area contributed by atoms with Crippen LogP contribution in [0.15, 0.2) is 48.5 Å². The van der Waals surface area contributed by atoms with Gasteiger partial charge >= 0.3 is 6.36 Å². The number of carbonyl (C=O) groups excluding carboxylic acids is 2. The predicted molar refractivity (Wildman–Crippen MR) is 113 cm³/mol. The van der Waals surface area contributed by atoms with Crippen molar-refractivity contribution < 1.29 is 32.2 Å². The molecule has 6 nitrogen and oxygen atoms in total. The first kappa shape index (κ1) is 23.4. The van der Waals surface area contributed by atoms with E-state index in [-0.39, 0.29) is 35.8 Å². The standard InChI is InChI=1S/C23H25F3N2O4/c1-15-6-5-7-16(2)28(15)21(29)14-31-18-12-10-17(11-13-18)22(30)27-19-8-3-4-9-20(19)32-23(24,25)26/h3-4,8-13,15-16H,5-7,14H2,1-2H3,(H,27,30). The molecular weight excluding hydrogens is 425 g/mol. The maximum Gasteiger partial charge on any atom is 0.573 e. The molecule has 2 aromatic rings. The van der Waals surface area contributed by atoms with E-state index in [0.29, 0.717) is 5.75 Å².